The van der Waals surface area contributed by atoms with Crippen molar-refractivity contribution in [2.24, 2.45) is 0 Å². The van der Waals surface area contributed by atoms with Gasteiger partial charge in [-0.25, -0.2) is 4.98 Å². The standard InChI is InChI=1S/C7H8NO2/c1-2-10-6-4-3-5-8-7(6)9/h3-5H,2H2,1H3. The molecule has 1 aromatic rings. The minimum Gasteiger partial charge on any atom is -0.488 e. The van der Waals surface area contributed by atoms with Crippen LogP contribution in [-0.4, -0.2) is 11.6 Å². The van der Waals surface area contributed by atoms with Crippen molar-refractivity contribution in [1.82, 2.24) is 4.98 Å². The molecule has 1 aromatic heterocycles. The van der Waals surface area contributed by atoms with E-state index >= 15 is 0 Å². The fourth-order valence-electron chi connectivity index (χ4n) is 0.641. The lowest BCUT2D eigenvalue weighted by Crippen LogP contribution is -1.91. The molecular formula is C7H8NO2. The van der Waals surface area contributed by atoms with Crippen LogP contribution in [0.3, 0.4) is 0 Å². The highest BCUT2D eigenvalue weighted by molar-refractivity contribution is 5.30. The minimum atomic E-state index is -0.302. The molecule has 1 heterocycles. The summed E-state index contributed by atoms with van der Waals surface area (Å²) in [6, 6.07) is 3.28. The minimum absolute atomic E-state index is 0.302. The Bertz CT molecular complexity index is 213. The van der Waals surface area contributed by atoms with E-state index in [-0.39, 0.29) is 5.88 Å². The van der Waals surface area contributed by atoms with Crippen molar-refractivity contribution < 1.29 is 9.84 Å². The second-order valence-electron chi connectivity index (χ2n) is 1.74. The fourth-order valence-corrected chi connectivity index (χ4v) is 0.641. The zero-order valence-electron chi connectivity index (χ0n) is 5.70. The summed E-state index contributed by atoms with van der Waals surface area (Å²) in [5.41, 5.74) is 0. The summed E-state index contributed by atoms with van der Waals surface area (Å²) in [4.78, 5) is 3.52. The third kappa shape index (κ3) is 1.37. The number of pyridine rings is 1. The summed E-state index contributed by atoms with van der Waals surface area (Å²) in [5, 5.41) is 10.8. The van der Waals surface area contributed by atoms with Crippen molar-refractivity contribution in [1.29, 1.82) is 0 Å². The monoisotopic (exact) mass is 138 g/mol. The molecule has 0 saturated heterocycles. The van der Waals surface area contributed by atoms with Crippen LogP contribution in [0.25, 0.3) is 0 Å². The highest BCUT2D eigenvalue weighted by atomic mass is 16.5. The van der Waals surface area contributed by atoms with Crippen molar-refractivity contribution in [3.63, 3.8) is 0 Å². The van der Waals surface area contributed by atoms with Gasteiger partial charge in [-0.1, -0.05) is 0 Å². The number of aromatic nitrogens is 1. The maximum absolute atomic E-state index is 10.8. The fraction of sp³-hybridized carbons (Fsp3) is 0.286. The zero-order valence-corrected chi connectivity index (χ0v) is 5.70. The summed E-state index contributed by atoms with van der Waals surface area (Å²) in [7, 11) is 0. The van der Waals surface area contributed by atoms with Crippen LogP contribution in [0.1, 0.15) is 6.92 Å². The number of hydrogen-bond acceptors (Lipinski definition) is 2. The molecule has 0 aromatic carbocycles. The molecule has 0 bridgehead atoms. The quantitative estimate of drug-likeness (QED) is 0.623. The average molecular weight is 138 g/mol. The second-order valence-corrected chi connectivity index (χ2v) is 1.74. The highest BCUT2D eigenvalue weighted by Gasteiger charge is 2.00. The molecule has 53 valence electrons. The molecule has 0 aliphatic rings. The molecule has 0 aliphatic heterocycles. The number of hydrogen-bond donors (Lipinski definition) is 0. The van der Waals surface area contributed by atoms with Crippen molar-refractivity contribution in [3.05, 3.63) is 18.3 Å². The van der Waals surface area contributed by atoms with Gasteiger partial charge in [0.15, 0.2) is 5.75 Å². The Morgan fingerprint density at radius 3 is 3.10 bits per heavy atom. The maximum Gasteiger partial charge on any atom is 0.311 e. The SMILES string of the molecule is CCOc1cccnc1[O]. The van der Waals surface area contributed by atoms with E-state index in [1.165, 1.54) is 6.20 Å². The van der Waals surface area contributed by atoms with Gasteiger partial charge in [-0.3, -0.25) is 5.11 Å². The van der Waals surface area contributed by atoms with E-state index in [2.05, 4.69) is 4.98 Å². The third-order valence-electron chi connectivity index (χ3n) is 1.04. The van der Waals surface area contributed by atoms with Crippen LogP contribution in [0.2, 0.25) is 0 Å². The Balaban J connectivity index is 2.81. The molecule has 0 unspecified atom stereocenters. The predicted molar refractivity (Wildman–Crippen MR) is 35.5 cm³/mol. The summed E-state index contributed by atoms with van der Waals surface area (Å²) in [6.07, 6.45) is 1.45. The molecule has 0 aliphatic carbocycles. The van der Waals surface area contributed by atoms with Crippen LogP contribution in [-0.2, 0) is 5.11 Å². The third-order valence-corrected chi connectivity index (χ3v) is 1.04. The van der Waals surface area contributed by atoms with Crippen molar-refractivity contribution in [2.45, 2.75) is 6.92 Å². The van der Waals surface area contributed by atoms with E-state index in [0.717, 1.165) is 0 Å². The first kappa shape index (κ1) is 6.86. The van der Waals surface area contributed by atoms with Gasteiger partial charge in [-0.15, -0.1) is 0 Å². The zero-order chi connectivity index (χ0) is 7.40. The van der Waals surface area contributed by atoms with E-state index in [4.69, 9.17) is 4.74 Å². The number of rotatable bonds is 2. The largest absolute Gasteiger partial charge is 0.488 e. The molecule has 0 amide bonds. The molecule has 1 rings (SSSR count). The van der Waals surface area contributed by atoms with Crippen LogP contribution >= 0.6 is 0 Å². The van der Waals surface area contributed by atoms with Gasteiger partial charge in [0.05, 0.1) is 6.61 Å². The van der Waals surface area contributed by atoms with Gasteiger partial charge in [0.25, 0.3) is 0 Å². The Labute approximate surface area is 59.3 Å². The first-order valence-electron chi connectivity index (χ1n) is 3.09. The molecular weight excluding hydrogens is 130 g/mol. The van der Waals surface area contributed by atoms with Crippen LogP contribution in [0.15, 0.2) is 18.3 Å². The van der Waals surface area contributed by atoms with Crippen LogP contribution in [0.4, 0.5) is 0 Å². The summed E-state index contributed by atoms with van der Waals surface area (Å²) in [6.45, 7) is 2.33. The lowest BCUT2D eigenvalue weighted by molar-refractivity contribution is 0.277. The summed E-state index contributed by atoms with van der Waals surface area (Å²) >= 11 is 0. The number of ether oxygens (including phenoxy) is 1. The summed E-state index contributed by atoms with van der Waals surface area (Å²) < 4.78 is 4.96. The molecule has 0 spiro atoms. The van der Waals surface area contributed by atoms with E-state index in [9.17, 15) is 5.11 Å². The van der Waals surface area contributed by atoms with Crippen molar-refractivity contribution >= 4 is 0 Å². The topological polar surface area (TPSA) is 42.0 Å². The lowest BCUT2D eigenvalue weighted by atomic mass is 10.4. The predicted octanol–water partition coefficient (Wildman–Crippen LogP) is 1.62. The molecule has 10 heavy (non-hydrogen) atoms. The summed E-state index contributed by atoms with van der Waals surface area (Å²) in [5.74, 6) is 0.0225. The second kappa shape index (κ2) is 3.06. The smallest absolute Gasteiger partial charge is 0.311 e. The first-order chi connectivity index (χ1) is 4.84. The van der Waals surface area contributed by atoms with Gasteiger partial charge in [0, 0.05) is 6.20 Å². The van der Waals surface area contributed by atoms with Gasteiger partial charge < -0.3 is 4.74 Å². The molecule has 3 nitrogen and oxygen atoms in total. The maximum atomic E-state index is 10.8. The molecule has 0 N–H and O–H groups in total. The van der Waals surface area contributed by atoms with Gasteiger partial charge in [-0.05, 0) is 19.1 Å². The van der Waals surface area contributed by atoms with E-state index in [1.807, 2.05) is 6.92 Å². The first-order valence-corrected chi connectivity index (χ1v) is 3.09. The van der Waals surface area contributed by atoms with Crippen molar-refractivity contribution in [2.75, 3.05) is 6.61 Å². The molecule has 3 heteroatoms. The Hall–Kier alpha value is -1.25. The van der Waals surface area contributed by atoms with Crippen LogP contribution in [0.5, 0.6) is 11.6 Å². The Morgan fingerprint density at radius 2 is 2.50 bits per heavy atom. The van der Waals surface area contributed by atoms with Crippen LogP contribution in [0, 0.1) is 0 Å². The Morgan fingerprint density at radius 1 is 1.70 bits per heavy atom. The molecule has 0 saturated carbocycles. The van der Waals surface area contributed by atoms with Crippen molar-refractivity contribution in [3.8, 4) is 11.6 Å². The normalized spacial score (nSPS) is 9.30. The number of nitrogens with zero attached hydrogens (tertiary/aromatic N) is 1. The molecule has 1 radical (unpaired) electrons. The van der Waals surface area contributed by atoms with E-state index < -0.39 is 0 Å². The van der Waals surface area contributed by atoms with Gasteiger partial charge in [0.1, 0.15) is 0 Å². The van der Waals surface area contributed by atoms with Gasteiger partial charge in [-0.2, -0.15) is 0 Å². The highest BCUT2D eigenvalue weighted by Crippen LogP contribution is 2.21. The van der Waals surface area contributed by atoms with Crippen LogP contribution < -0.4 is 4.74 Å². The lowest BCUT2D eigenvalue weighted by Gasteiger charge is -1.99. The van der Waals surface area contributed by atoms with E-state index in [1.54, 1.807) is 12.1 Å². The average Bonchev–Trinajstić information content (AvgIpc) is 1.94. The molecule has 0 atom stereocenters. The van der Waals surface area contributed by atoms with E-state index in [0.29, 0.717) is 12.4 Å². The Kier molecular flexibility index (Phi) is 2.10. The molecule has 0 fully saturated rings. The van der Waals surface area contributed by atoms with Gasteiger partial charge >= 0.3 is 5.88 Å². The van der Waals surface area contributed by atoms with Gasteiger partial charge in [0.2, 0.25) is 0 Å².